The molecule has 7 nitrogen and oxygen atoms in total. The zero-order valence-electron chi connectivity index (χ0n) is 24.8. The Morgan fingerprint density at radius 2 is 1.68 bits per heavy atom. The van der Waals surface area contributed by atoms with E-state index in [4.69, 9.17) is 4.98 Å². The molecule has 0 bridgehead atoms. The molecule has 0 aliphatic carbocycles. The lowest BCUT2D eigenvalue weighted by Gasteiger charge is -2.32. The molecule has 1 aliphatic heterocycles. The average molecular weight is 570 g/mol. The van der Waals surface area contributed by atoms with Crippen molar-refractivity contribution in [3.8, 4) is 0 Å². The van der Waals surface area contributed by atoms with Gasteiger partial charge in [0.15, 0.2) is 0 Å². The van der Waals surface area contributed by atoms with E-state index >= 15 is 0 Å². The Kier molecular flexibility index (Phi) is 8.52. The number of nitrogens with one attached hydrogen (secondary N) is 1. The summed E-state index contributed by atoms with van der Waals surface area (Å²) in [6.07, 6.45) is -3.15. The van der Waals surface area contributed by atoms with Crippen LogP contribution in [-0.2, 0) is 32.1 Å². The van der Waals surface area contributed by atoms with Gasteiger partial charge in [-0.3, -0.25) is 9.59 Å². The van der Waals surface area contributed by atoms with Crippen LogP contribution < -0.4 is 15.9 Å². The molecule has 220 valence electrons. The van der Waals surface area contributed by atoms with Crippen molar-refractivity contribution in [3.05, 3.63) is 90.4 Å². The number of anilines is 1. The Morgan fingerprint density at radius 3 is 2.27 bits per heavy atom. The van der Waals surface area contributed by atoms with E-state index in [0.717, 1.165) is 35.2 Å². The van der Waals surface area contributed by atoms with Gasteiger partial charge in [-0.1, -0.05) is 19.1 Å². The van der Waals surface area contributed by atoms with E-state index in [1.165, 1.54) is 27.9 Å². The summed E-state index contributed by atoms with van der Waals surface area (Å²) in [4.78, 5) is 34.2. The number of rotatable bonds is 7. The number of alkyl halides is 3. The molecule has 0 radical (unpaired) electrons. The van der Waals surface area contributed by atoms with E-state index in [1.54, 1.807) is 17.0 Å². The quantitative estimate of drug-likeness (QED) is 0.410. The number of fused-ring (bicyclic) bond motifs is 1. The van der Waals surface area contributed by atoms with Gasteiger partial charge in [0.2, 0.25) is 5.95 Å². The van der Waals surface area contributed by atoms with Crippen molar-refractivity contribution in [2.24, 2.45) is 0 Å². The predicted octanol–water partition coefficient (Wildman–Crippen LogP) is 5.46. The second-order valence-corrected chi connectivity index (χ2v) is 10.7. The molecular weight excluding hydrogens is 531 g/mol. The summed E-state index contributed by atoms with van der Waals surface area (Å²) in [5.41, 5.74) is 6.93. The second-order valence-electron chi connectivity index (χ2n) is 10.7. The molecule has 41 heavy (non-hydrogen) atoms. The van der Waals surface area contributed by atoms with Crippen molar-refractivity contribution in [3.63, 3.8) is 0 Å². The molecule has 4 rings (SSSR count). The van der Waals surface area contributed by atoms with Crippen LogP contribution in [0.15, 0.2) is 29.1 Å². The number of hydrogen-bond donors (Lipinski definition) is 1. The molecule has 0 spiro atoms. The summed E-state index contributed by atoms with van der Waals surface area (Å²) >= 11 is 0. The van der Waals surface area contributed by atoms with E-state index < -0.39 is 11.7 Å². The first-order valence-corrected chi connectivity index (χ1v) is 13.9. The number of amides is 1. The van der Waals surface area contributed by atoms with Gasteiger partial charge in [-0.15, -0.1) is 0 Å². The fourth-order valence-electron chi connectivity index (χ4n) is 5.62. The number of carbonyl (C=O) groups excluding carboxylic acids is 1. The van der Waals surface area contributed by atoms with Gasteiger partial charge in [0.25, 0.3) is 11.5 Å². The molecule has 0 fully saturated rings. The molecule has 1 amide bonds. The Morgan fingerprint density at radius 1 is 1.02 bits per heavy atom. The molecule has 2 heterocycles. The maximum absolute atomic E-state index is 13.9. The van der Waals surface area contributed by atoms with E-state index in [1.807, 2.05) is 27.7 Å². The lowest BCUT2D eigenvalue weighted by molar-refractivity contribution is -0.137. The summed E-state index contributed by atoms with van der Waals surface area (Å²) in [7, 11) is 1.76. The van der Waals surface area contributed by atoms with Crippen LogP contribution in [0.3, 0.4) is 0 Å². The average Bonchev–Trinajstić information content (AvgIpc) is 2.94. The molecule has 0 saturated carbocycles. The number of aromatic nitrogens is 2. The minimum atomic E-state index is -4.40. The summed E-state index contributed by atoms with van der Waals surface area (Å²) in [5.74, 6) is 0.231. The lowest BCUT2D eigenvalue weighted by Crippen LogP contribution is -2.46. The van der Waals surface area contributed by atoms with Gasteiger partial charge in [-0.05, 0) is 86.6 Å². The maximum atomic E-state index is 13.9. The summed E-state index contributed by atoms with van der Waals surface area (Å²) in [5, 5.41) is 4.86. The van der Waals surface area contributed by atoms with Gasteiger partial charge < -0.3 is 15.2 Å². The van der Waals surface area contributed by atoms with Gasteiger partial charge in [-0.25, -0.2) is 4.98 Å². The molecule has 3 aromatic rings. The largest absolute Gasteiger partial charge is 0.416 e. The fourth-order valence-corrected chi connectivity index (χ4v) is 5.62. The molecule has 1 aromatic heterocycles. The molecule has 1 aliphatic rings. The van der Waals surface area contributed by atoms with Crippen LogP contribution in [0, 0.1) is 27.7 Å². The lowest BCUT2D eigenvalue weighted by atomic mass is 9.87. The first kappa shape index (κ1) is 30.1. The highest BCUT2D eigenvalue weighted by Crippen LogP contribution is 2.30. The van der Waals surface area contributed by atoms with Gasteiger partial charge in [0.1, 0.15) is 0 Å². The third kappa shape index (κ3) is 5.69. The van der Waals surface area contributed by atoms with Crippen molar-refractivity contribution < 1.29 is 18.0 Å². The molecule has 0 unspecified atom stereocenters. The number of nitrogens with zero attached hydrogens (tertiary/aromatic N) is 4. The number of hydrogen-bond acceptors (Lipinski definition) is 5. The third-order valence-corrected chi connectivity index (χ3v) is 8.37. The highest BCUT2D eigenvalue weighted by Gasteiger charge is 2.31. The Bertz CT molecular complexity index is 1530. The minimum Gasteiger partial charge on any atom is -0.350 e. The minimum absolute atomic E-state index is 0.0808. The fraction of sp³-hybridized carbons (Fsp3) is 0.452. The maximum Gasteiger partial charge on any atom is 0.416 e. The van der Waals surface area contributed by atoms with Gasteiger partial charge in [-0.2, -0.15) is 17.8 Å². The number of benzene rings is 2. The number of carbonyl (C=O) groups is 1. The van der Waals surface area contributed by atoms with E-state index in [-0.39, 0.29) is 24.6 Å². The van der Waals surface area contributed by atoms with Crippen LogP contribution in [0.5, 0.6) is 0 Å². The van der Waals surface area contributed by atoms with Crippen LogP contribution >= 0.6 is 0 Å². The number of halogens is 3. The molecule has 1 N–H and O–H groups in total. The first-order valence-electron chi connectivity index (χ1n) is 13.9. The zero-order chi connectivity index (χ0) is 30.2. The predicted molar refractivity (Wildman–Crippen MR) is 155 cm³/mol. The smallest absolute Gasteiger partial charge is 0.350 e. The van der Waals surface area contributed by atoms with E-state index in [0.29, 0.717) is 47.8 Å². The Balaban J connectivity index is 1.65. The van der Waals surface area contributed by atoms with Gasteiger partial charge in [0, 0.05) is 38.7 Å². The van der Waals surface area contributed by atoms with Gasteiger partial charge in [0.05, 0.1) is 23.4 Å². The summed E-state index contributed by atoms with van der Waals surface area (Å²) in [6.45, 7) is 13.4. The standard InChI is InChI=1S/C31H38F3N5O2/c1-8-24-19(4)18(3)20(5)27(21(24)6)29(41)38-15-14-26-25(17-38)28(40)39(37(7)9-2)30(36-26)35-16-22-10-12-23(13-11-22)31(32,33)34/h10-13H,8-9,14-17H2,1-7H3,(H,35,36). The van der Waals surface area contributed by atoms with Crippen LogP contribution in [0.1, 0.15) is 74.4 Å². The normalized spacial score (nSPS) is 13.3. The topological polar surface area (TPSA) is 70.5 Å². The molecule has 0 saturated heterocycles. The first-order chi connectivity index (χ1) is 19.3. The Hall–Kier alpha value is -3.82. The van der Waals surface area contributed by atoms with Crippen LogP contribution in [-0.4, -0.2) is 40.6 Å². The van der Waals surface area contributed by atoms with Crippen LogP contribution in [0.4, 0.5) is 19.1 Å². The second kappa shape index (κ2) is 11.6. The van der Waals surface area contributed by atoms with E-state index in [2.05, 4.69) is 19.2 Å². The highest BCUT2D eigenvalue weighted by atomic mass is 19.4. The van der Waals surface area contributed by atoms with Crippen molar-refractivity contribution in [2.45, 2.75) is 73.6 Å². The van der Waals surface area contributed by atoms with Crippen molar-refractivity contribution in [2.75, 3.05) is 30.5 Å². The molecule has 10 heteroatoms. The summed E-state index contributed by atoms with van der Waals surface area (Å²) < 4.78 is 40.3. The third-order valence-electron chi connectivity index (χ3n) is 8.37. The molecule has 2 aromatic carbocycles. The monoisotopic (exact) mass is 569 g/mol. The molecular formula is C31H38F3N5O2. The summed E-state index contributed by atoms with van der Waals surface area (Å²) in [6, 6.07) is 4.89. The van der Waals surface area contributed by atoms with Crippen LogP contribution in [0.25, 0.3) is 0 Å². The van der Waals surface area contributed by atoms with E-state index in [9.17, 15) is 22.8 Å². The SMILES string of the molecule is CCc1c(C)c(C)c(C)c(C(=O)N2CCc3nc(NCc4ccc(C(F)(F)F)cc4)n(N(C)CC)c(=O)c3C2)c1C. The highest BCUT2D eigenvalue weighted by molar-refractivity contribution is 5.98. The van der Waals surface area contributed by atoms with Crippen molar-refractivity contribution in [1.29, 1.82) is 0 Å². The van der Waals surface area contributed by atoms with Crippen LogP contribution in [0.2, 0.25) is 0 Å². The molecule has 0 atom stereocenters. The van der Waals surface area contributed by atoms with Crippen molar-refractivity contribution >= 4 is 11.9 Å². The van der Waals surface area contributed by atoms with Gasteiger partial charge >= 0.3 is 6.18 Å². The zero-order valence-corrected chi connectivity index (χ0v) is 24.8. The Labute approximate surface area is 239 Å². The van der Waals surface area contributed by atoms with Crippen molar-refractivity contribution in [1.82, 2.24) is 14.6 Å².